The van der Waals surface area contributed by atoms with Crippen molar-refractivity contribution >= 4 is 15.9 Å². The molecule has 0 amide bonds. The van der Waals surface area contributed by atoms with Crippen LogP contribution in [0.3, 0.4) is 0 Å². The first-order chi connectivity index (χ1) is 5.05. The number of hydrogen-bond donors (Lipinski definition) is 0. The molecule has 2 unspecified atom stereocenters. The summed E-state index contributed by atoms with van der Waals surface area (Å²) in [6.45, 7) is 0. The van der Waals surface area contributed by atoms with Crippen molar-refractivity contribution in [3.8, 4) is 0 Å². The van der Waals surface area contributed by atoms with Crippen molar-refractivity contribution in [2.24, 2.45) is 11.8 Å². The number of rotatable bonds is 1. The molecule has 0 heterocycles. The van der Waals surface area contributed by atoms with E-state index in [1.807, 2.05) is 0 Å². The van der Waals surface area contributed by atoms with Crippen LogP contribution in [-0.2, 0) is 0 Å². The largest absolute Gasteiger partial charge is 0.392 e. The maximum absolute atomic E-state index is 12.2. The first-order valence-corrected chi connectivity index (χ1v) is 4.80. The molecule has 0 nitrogen and oxygen atoms in total. The molecule has 0 aromatic rings. The van der Waals surface area contributed by atoms with Crippen LogP contribution < -0.4 is 0 Å². The summed E-state index contributed by atoms with van der Waals surface area (Å²) in [7, 11) is 0. The van der Waals surface area contributed by atoms with E-state index in [0.717, 1.165) is 12.8 Å². The summed E-state index contributed by atoms with van der Waals surface area (Å²) in [6, 6.07) is 0. The third-order valence-electron chi connectivity index (χ3n) is 2.28. The Hall–Kier alpha value is 0.270. The summed E-state index contributed by atoms with van der Waals surface area (Å²) in [5, 5.41) is 0.483. The normalized spacial score (nSPS) is 32.7. The van der Waals surface area contributed by atoms with Gasteiger partial charge in [0.1, 0.15) is 0 Å². The number of hydrogen-bond acceptors (Lipinski definition) is 0. The zero-order chi connectivity index (χ0) is 8.48. The SMILES string of the molecule is FC(F)(F)C1CCCC1CBr. The molecule has 1 fully saturated rings. The molecule has 0 aliphatic heterocycles. The Morgan fingerprint density at radius 3 is 2.27 bits per heavy atom. The van der Waals surface area contributed by atoms with Gasteiger partial charge in [0, 0.05) is 5.33 Å². The molecule has 0 aromatic carbocycles. The zero-order valence-corrected chi connectivity index (χ0v) is 7.58. The van der Waals surface area contributed by atoms with Crippen LogP contribution in [0.5, 0.6) is 0 Å². The van der Waals surface area contributed by atoms with E-state index in [2.05, 4.69) is 15.9 Å². The predicted octanol–water partition coefficient (Wildman–Crippen LogP) is 3.36. The summed E-state index contributed by atoms with van der Waals surface area (Å²) in [4.78, 5) is 0. The average Bonchev–Trinajstić information content (AvgIpc) is 2.31. The van der Waals surface area contributed by atoms with Gasteiger partial charge in [-0.05, 0) is 18.8 Å². The minimum Gasteiger partial charge on any atom is -0.171 e. The van der Waals surface area contributed by atoms with Crippen LogP contribution >= 0.6 is 15.9 Å². The van der Waals surface area contributed by atoms with Crippen molar-refractivity contribution in [2.75, 3.05) is 5.33 Å². The smallest absolute Gasteiger partial charge is 0.171 e. The lowest BCUT2D eigenvalue weighted by atomic mass is 9.98. The molecular formula is C7H10BrF3. The van der Waals surface area contributed by atoms with Gasteiger partial charge in [-0.15, -0.1) is 0 Å². The van der Waals surface area contributed by atoms with Crippen molar-refractivity contribution < 1.29 is 13.2 Å². The molecule has 0 saturated heterocycles. The second-order valence-corrected chi connectivity index (χ2v) is 3.64. The van der Waals surface area contributed by atoms with Gasteiger partial charge < -0.3 is 0 Å². The van der Waals surface area contributed by atoms with E-state index in [-0.39, 0.29) is 5.92 Å². The minimum absolute atomic E-state index is 0.185. The van der Waals surface area contributed by atoms with E-state index in [4.69, 9.17) is 0 Å². The standard InChI is InChI=1S/C7H10BrF3/c8-4-5-2-1-3-6(5)7(9,10)11/h5-6H,1-4H2. The monoisotopic (exact) mass is 230 g/mol. The van der Waals surface area contributed by atoms with E-state index in [9.17, 15) is 13.2 Å². The minimum atomic E-state index is -3.98. The topological polar surface area (TPSA) is 0 Å². The van der Waals surface area contributed by atoms with Gasteiger partial charge in [-0.2, -0.15) is 13.2 Å². The highest BCUT2D eigenvalue weighted by Gasteiger charge is 2.46. The summed E-state index contributed by atoms with van der Waals surface area (Å²) in [5.41, 5.74) is 0. The Bertz CT molecular complexity index is 132. The zero-order valence-electron chi connectivity index (χ0n) is 5.99. The average molecular weight is 231 g/mol. The van der Waals surface area contributed by atoms with Crippen LogP contribution in [0.1, 0.15) is 19.3 Å². The van der Waals surface area contributed by atoms with Crippen LogP contribution in [0.15, 0.2) is 0 Å². The molecule has 1 aliphatic carbocycles. The molecule has 1 rings (SSSR count). The highest BCUT2D eigenvalue weighted by atomic mass is 79.9. The molecule has 11 heavy (non-hydrogen) atoms. The second-order valence-electron chi connectivity index (χ2n) is 2.99. The molecular weight excluding hydrogens is 221 g/mol. The van der Waals surface area contributed by atoms with E-state index >= 15 is 0 Å². The van der Waals surface area contributed by atoms with Gasteiger partial charge in [0.25, 0.3) is 0 Å². The Balaban J connectivity index is 2.57. The summed E-state index contributed by atoms with van der Waals surface area (Å²) < 4.78 is 36.5. The third kappa shape index (κ3) is 2.10. The lowest BCUT2D eigenvalue weighted by molar-refractivity contribution is -0.181. The van der Waals surface area contributed by atoms with Gasteiger partial charge in [0.05, 0.1) is 5.92 Å². The van der Waals surface area contributed by atoms with Crippen molar-refractivity contribution in [1.82, 2.24) is 0 Å². The van der Waals surface area contributed by atoms with Crippen LogP contribution in [0, 0.1) is 11.8 Å². The Morgan fingerprint density at radius 1 is 1.27 bits per heavy atom. The van der Waals surface area contributed by atoms with Gasteiger partial charge >= 0.3 is 6.18 Å². The van der Waals surface area contributed by atoms with Gasteiger partial charge in [-0.3, -0.25) is 0 Å². The molecule has 0 spiro atoms. The third-order valence-corrected chi connectivity index (χ3v) is 3.11. The fraction of sp³-hybridized carbons (Fsp3) is 1.00. The van der Waals surface area contributed by atoms with Crippen LogP contribution in [0.4, 0.5) is 13.2 Å². The Morgan fingerprint density at radius 2 is 1.91 bits per heavy atom. The van der Waals surface area contributed by atoms with Gasteiger partial charge in [0.15, 0.2) is 0 Å². The summed E-state index contributed by atoms with van der Waals surface area (Å²) >= 11 is 3.11. The van der Waals surface area contributed by atoms with E-state index in [1.165, 1.54) is 0 Å². The predicted molar refractivity (Wildman–Crippen MR) is 40.7 cm³/mol. The molecule has 0 bridgehead atoms. The van der Waals surface area contributed by atoms with E-state index in [1.54, 1.807) is 0 Å². The van der Waals surface area contributed by atoms with Crippen molar-refractivity contribution in [3.05, 3.63) is 0 Å². The maximum atomic E-state index is 12.2. The lowest BCUT2D eigenvalue weighted by Crippen LogP contribution is -2.26. The molecule has 4 heteroatoms. The van der Waals surface area contributed by atoms with Gasteiger partial charge in [-0.25, -0.2) is 0 Å². The van der Waals surface area contributed by atoms with Crippen molar-refractivity contribution in [1.29, 1.82) is 0 Å². The fourth-order valence-electron chi connectivity index (χ4n) is 1.65. The molecule has 1 aliphatic rings. The van der Waals surface area contributed by atoms with Crippen LogP contribution in [-0.4, -0.2) is 11.5 Å². The molecule has 0 N–H and O–H groups in total. The lowest BCUT2D eigenvalue weighted by Gasteiger charge is -2.19. The Kier molecular flexibility index (Phi) is 2.84. The van der Waals surface area contributed by atoms with E-state index < -0.39 is 12.1 Å². The number of alkyl halides is 4. The van der Waals surface area contributed by atoms with E-state index in [0.29, 0.717) is 11.8 Å². The fourth-order valence-corrected chi connectivity index (χ4v) is 2.43. The quantitative estimate of drug-likeness (QED) is 0.607. The highest BCUT2D eigenvalue weighted by Crippen LogP contribution is 2.43. The first kappa shape index (κ1) is 9.36. The maximum Gasteiger partial charge on any atom is 0.392 e. The highest BCUT2D eigenvalue weighted by molar-refractivity contribution is 9.09. The molecule has 0 aromatic heterocycles. The van der Waals surface area contributed by atoms with Crippen LogP contribution in [0.25, 0.3) is 0 Å². The Labute approximate surface area is 72.3 Å². The number of halogens is 4. The van der Waals surface area contributed by atoms with Gasteiger partial charge in [0.2, 0.25) is 0 Å². The summed E-state index contributed by atoms with van der Waals surface area (Å²) in [6.07, 6.45) is -2.22. The second kappa shape index (κ2) is 3.33. The molecule has 1 saturated carbocycles. The molecule has 2 atom stereocenters. The molecule has 0 radical (unpaired) electrons. The van der Waals surface area contributed by atoms with Crippen LogP contribution in [0.2, 0.25) is 0 Å². The molecule has 66 valence electrons. The first-order valence-electron chi connectivity index (χ1n) is 3.68. The van der Waals surface area contributed by atoms with Crippen molar-refractivity contribution in [3.63, 3.8) is 0 Å². The van der Waals surface area contributed by atoms with Crippen molar-refractivity contribution in [2.45, 2.75) is 25.4 Å². The summed E-state index contributed by atoms with van der Waals surface area (Å²) in [5.74, 6) is -1.24. The van der Waals surface area contributed by atoms with Gasteiger partial charge in [-0.1, -0.05) is 22.4 Å².